The molecule has 0 saturated heterocycles. The molecule has 2 heteroatoms. The topological polar surface area (TPSA) is 6.48 Å². The first kappa shape index (κ1) is 11.2. The van der Waals surface area contributed by atoms with Gasteiger partial charge in [-0.2, -0.15) is 0 Å². The van der Waals surface area contributed by atoms with E-state index in [0.29, 0.717) is 0 Å². The molecule has 2 nitrogen and oxygen atoms in total. The Balaban J connectivity index is 1.98. The van der Waals surface area contributed by atoms with Crippen molar-refractivity contribution in [2.45, 2.75) is 39.0 Å². The van der Waals surface area contributed by atoms with E-state index in [0.717, 1.165) is 6.67 Å². The molecule has 1 aliphatic heterocycles. The molecule has 0 N–H and O–H groups in total. The number of unbranched alkanes of at least 4 members (excludes halogenated alkanes) is 4. The van der Waals surface area contributed by atoms with E-state index in [2.05, 4.69) is 35.7 Å². The largest absolute Gasteiger partial charge is 0.358 e. The Morgan fingerprint density at radius 3 is 2.64 bits per heavy atom. The molecule has 0 radical (unpaired) electrons. The van der Waals surface area contributed by atoms with Crippen LogP contribution >= 0.6 is 0 Å². The Morgan fingerprint density at radius 2 is 2.00 bits per heavy atom. The van der Waals surface area contributed by atoms with Crippen molar-refractivity contribution in [2.24, 2.45) is 0 Å². The van der Waals surface area contributed by atoms with Crippen LogP contribution in [0, 0.1) is 0 Å². The first-order valence-electron chi connectivity index (χ1n) is 5.67. The smallest absolute Gasteiger partial charge is 0.0935 e. The zero-order valence-corrected chi connectivity index (χ0v) is 9.28. The summed E-state index contributed by atoms with van der Waals surface area (Å²) in [6.45, 7) is 8.17. The van der Waals surface area contributed by atoms with E-state index >= 15 is 0 Å². The molecule has 1 aliphatic rings. The zero-order valence-electron chi connectivity index (χ0n) is 9.28. The summed E-state index contributed by atoms with van der Waals surface area (Å²) in [7, 11) is 0. The fourth-order valence-electron chi connectivity index (χ4n) is 1.67. The van der Waals surface area contributed by atoms with Crippen molar-refractivity contribution < 1.29 is 0 Å². The molecule has 0 atom stereocenters. The van der Waals surface area contributed by atoms with Crippen molar-refractivity contribution in [3.63, 3.8) is 0 Å². The number of hydrogen-bond acceptors (Lipinski definition) is 2. The molecule has 0 unspecified atom stereocenters. The van der Waals surface area contributed by atoms with Gasteiger partial charge in [-0.1, -0.05) is 39.2 Å². The molecule has 80 valence electrons. The Morgan fingerprint density at radius 1 is 1.21 bits per heavy atom. The van der Waals surface area contributed by atoms with Crippen LogP contribution < -0.4 is 0 Å². The molecule has 0 bridgehead atoms. The summed E-state index contributed by atoms with van der Waals surface area (Å²) in [6.07, 6.45) is 12.9. The van der Waals surface area contributed by atoms with Crippen LogP contribution in [0.2, 0.25) is 0 Å². The van der Waals surface area contributed by atoms with Crippen LogP contribution in [-0.4, -0.2) is 23.0 Å². The average molecular weight is 194 g/mol. The average Bonchev–Trinajstić information content (AvgIpc) is 2.65. The molecule has 0 fully saturated rings. The Bertz CT molecular complexity index is 187. The van der Waals surface area contributed by atoms with Gasteiger partial charge >= 0.3 is 0 Å². The van der Waals surface area contributed by atoms with E-state index in [1.54, 1.807) is 0 Å². The summed E-state index contributed by atoms with van der Waals surface area (Å²) < 4.78 is 0. The van der Waals surface area contributed by atoms with Gasteiger partial charge in [0.1, 0.15) is 0 Å². The van der Waals surface area contributed by atoms with Crippen LogP contribution in [0.3, 0.4) is 0 Å². The molecule has 0 aromatic heterocycles. The third-order valence-electron chi connectivity index (χ3n) is 2.60. The lowest BCUT2D eigenvalue weighted by Crippen LogP contribution is -2.22. The molecule has 14 heavy (non-hydrogen) atoms. The minimum Gasteiger partial charge on any atom is -0.358 e. The van der Waals surface area contributed by atoms with Gasteiger partial charge in [0.25, 0.3) is 0 Å². The molecule has 0 amide bonds. The first-order chi connectivity index (χ1) is 6.86. The summed E-state index contributed by atoms with van der Waals surface area (Å²) in [4.78, 5) is 4.44. The maximum absolute atomic E-state index is 3.75. The lowest BCUT2D eigenvalue weighted by molar-refractivity contribution is 0.307. The fourth-order valence-corrected chi connectivity index (χ4v) is 1.67. The van der Waals surface area contributed by atoms with Crippen molar-refractivity contribution in [3.05, 3.63) is 25.2 Å². The highest BCUT2D eigenvalue weighted by molar-refractivity contribution is 4.94. The van der Waals surface area contributed by atoms with Gasteiger partial charge in [0.2, 0.25) is 0 Å². The minimum atomic E-state index is 0.983. The van der Waals surface area contributed by atoms with Crippen molar-refractivity contribution in [3.8, 4) is 0 Å². The van der Waals surface area contributed by atoms with E-state index < -0.39 is 0 Å². The molecule has 0 aromatic rings. The lowest BCUT2D eigenvalue weighted by atomic mass is 10.1. The molecule has 0 spiro atoms. The van der Waals surface area contributed by atoms with Crippen LogP contribution in [0.25, 0.3) is 0 Å². The SMILES string of the molecule is C=CN1C=CN(CCCCCCC)C1. The summed E-state index contributed by atoms with van der Waals surface area (Å²) in [5.74, 6) is 0. The fraction of sp³-hybridized carbons (Fsp3) is 0.667. The number of nitrogens with zero attached hydrogens (tertiary/aromatic N) is 2. The summed E-state index contributed by atoms with van der Waals surface area (Å²) in [6, 6.07) is 0. The molecular formula is C12H22N2. The van der Waals surface area contributed by atoms with Crippen LogP contribution in [0.15, 0.2) is 25.2 Å². The van der Waals surface area contributed by atoms with Crippen molar-refractivity contribution in [1.29, 1.82) is 0 Å². The summed E-state index contributed by atoms with van der Waals surface area (Å²) in [5.41, 5.74) is 0. The summed E-state index contributed by atoms with van der Waals surface area (Å²) >= 11 is 0. The van der Waals surface area contributed by atoms with Gasteiger partial charge in [-0.15, -0.1) is 0 Å². The highest BCUT2D eigenvalue weighted by Gasteiger charge is 2.07. The monoisotopic (exact) mass is 194 g/mol. The van der Waals surface area contributed by atoms with Crippen LogP contribution in [0.1, 0.15) is 39.0 Å². The van der Waals surface area contributed by atoms with E-state index in [9.17, 15) is 0 Å². The third-order valence-corrected chi connectivity index (χ3v) is 2.60. The predicted octanol–water partition coefficient (Wildman–Crippen LogP) is 3.15. The second-order valence-electron chi connectivity index (χ2n) is 3.86. The van der Waals surface area contributed by atoms with Gasteiger partial charge in [-0.25, -0.2) is 0 Å². The summed E-state index contributed by atoms with van der Waals surface area (Å²) in [5, 5.41) is 0. The molecule has 0 aromatic carbocycles. The molecular weight excluding hydrogens is 172 g/mol. The Kier molecular flexibility index (Phi) is 5.20. The second kappa shape index (κ2) is 6.52. The second-order valence-corrected chi connectivity index (χ2v) is 3.86. The van der Waals surface area contributed by atoms with E-state index in [4.69, 9.17) is 0 Å². The third kappa shape index (κ3) is 3.86. The Labute approximate surface area is 87.9 Å². The Hall–Kier alpha value is -0.920. The predicted molar refractivity (Wildman–Crippen MR) is 61.5 cm³/mol. The number of rotatable bonds is 7. The minimum absolute atomic E-state index is 0.983. The molecule has 0 saturated carbocycles. The van der Waals surface area contributed by atoms with Crippen molar-refractivity contribution in [2.75, 3.05) is 13.2 Å². The van der Waals surface area contributed by atoms with E-state index in [-0.39, 0.29) is 0 Å². The molecule has 1 rings (SSSR count). The van der Waals surface area contributed by atoms with Gasteiger partial charge in [0, 0.05) is 18.9 Å². The zero-order chi connectivity index (χ0) is 10.2. The molecule has 0 aliphatic carbocycles. The van der Waals surface area contributed by atoms with Gasteiger partial charge in [0.15, 0.2) is 0 Å². The van der Waals surface area contributed by atoms with Crippen molar-refractivity contribution >= 4 is 0 Å². The van der Waals surface area contributed by atoms with Crippen LogP contribution in [-0.2, 0) is 0 Å². The van der Waals surface area contributed by atoms with Crippen LogP contribution in [0.5, 0.6) is 0 Å². The van der Waals surface area contributed by atoms with E-state index in [1.807, 2.05) is 6.20 Å². The van der Waals surface area contributed by atoms with Crippen LogP contribution in [0.4, 0.5) is 0 Å². The highest BCUT2D eigenvalue weighted by Crippen LogP contribution is 2.09. The first-order valence-corrected chi connectivity index (χ1v) is 5.67. The van der Waals surface area contributed by atoms with E-state index in [1.165, 1.54) is 38.6 Å². The number of hydrogen-bond donors (Lipinski definition) is 0. The normalized spacial score (nSPS) is 15.2. The van der Waals surface area contributed by atoms with Crippen molar-refractivity contribution in [1.82, 2.24) is 9.80 Å². The van der Waals surface area contributed by atoms with Gasteiger partial charge < -0.3 is 9.80 Å². The van der Waals surface area contributed by atoms with Gasteiger partial charge in [-0.3, -0.25) is 0 Å². The maximum Gasteiger partial charge on any atom is 0.0935 e. The van der Waals surface area contributed by atoms with Gasteiger partial charge in [-0.05, 0) is 12.6 Å². The quantitative estimate of drug-likeness (QED) is 0.574. The van der Waals surface area contributed by atoms with Gasteiger partial charge in [0.05, 0.1) is 6.67 Å². The maximum atomic E-state index is 3.75. The molecule has 1 heterocycles. The lowest BCUT2D eigenvalue weighted by Gasteiger charge is -2.18. The highest BCUT2D eigenvalue weighted by atomic mass is 15.3. The standard InChI is InChI=1S/C12H22N2/c1-3-5-6-7-8-9-14-11-10-13(4-2)12-14/h4,10-11H,2-3,5-9,12H2,1H3.